The molecule has 2 rings (SSSR count). The van der Waals surface area contributed by atoms with Gasteiger partial charge in [0.15, 0.2) is 0 Å². The molecule has 0 radical (unpaired) electrons. The van der Waals surface area contributed by atoms with E-state index in [0.29, 0.717) is 16.9 Å². The molecule has 2 aromatic rings. The van der Waals surface area contributed by atoms with Crippen molar-refractivity contribution in [2.24, 2.45) is 0 Å². The van der Waals surface area contributed by atoms with Crippen LogP contribution in [0.2, 0.25) is 5.02 Å². The zero-order chi connectivity index (χ0) is 13.3. The number of alkyl halides is 1. The predicted octanol–water partition coefficient (Wildman–Crippen LogP) is 3.55. The van der Waals surface area contributed by atoms with Gasteiger partial charge >= 0.3 is 0 Å². The topological polar surface area (TPSA) is 21.1 Å². The van der Waals surface area contributed by atoms with Gasteiger partial charge < -0.3 is 9.47 Å². The fourth-order valence-corrected chi connectivity index (χ4v) is 2.73. The molecule has 0 aliphatic heterocycles. The molecule has 5 heteroatoms. The smallest absolute Gasteiger partial charge is 0.125 e. The number of hydrogen-bond donors (Lipinski definition) is 0. The fraction of sp³-hybridized carbons (Fsp3) is 0.462. The van der Waals surface area contributed by atoms with Crippen molar-refractivity contribution >= 4 is 34.2 Å². The van der Waals surface area contributed by atoms with Gasteiger partial charge in [0.2, 0.25) is 0 Å². The van der Waals surface area contributed by atoms with Gasteiger partial charge in [0, 0.05) is 12.6 Å². The molecular weight excluding hydrogens is 269 g/mol. The maximum Gasteiger partial charge on any atom is 0.125 e. The van der Waals surface area contributed by atoms with E-state index in [0.717, 1.165) is 23.4 Å². The van der Waals surface area contributed by atoms with Crippen molar-refractivity contribution in [3.8, 4) is 0 Å². The summed E-state index contributed by atoms with van der Waals surface area (Å²) in [5.41, 5.74) is 1.88. The average Bonchev–Trinajstić information content (AvgIpc) is 2.68. The minimum atomic E-state index is 0.303. The normalized spacial score (nSPS) is 13.4. The van der Waals surface area contributed by atoms with E-state index in [-0.39, 0.29) is 0 Å². The molecule has 1 unspecified atom stereocenters. The number of likely N-dealkylation sites (N-methyl/N-ethyl adjacent to an activating group) is 1. The van der Waals surface area contributed by atoms with Gasteiger partial charge in [-0.2, -0.15) is 0 Å². The third kappa shape index (κ3) is 2.48. The summed E-state index contributed by atoms with van der Waals surface area (Å²) in [4.78, 5) is 6.69. The molecule has 0 bridgehead atoms. The van der Waals surface area contributed by atoms with Crippen molar-refractivity contribution < 1.29 is 0 Å². The Morgan fingerprint density at radius 1 is 1.39 bits per heavy atom. The lowest BCUT2D eigenvalue weighted by atomic mass is 10.2. The van der Waals surface area contributed by atoms with Gasteiger partial charge in [-0.25, -0.2) is 4.98 Å². The molecule has 0 spiro atoms. The molecule has 0 amide bonds. The first-order valence-electron chi connectivity index (χ1n) is 5.90. The van der Waals surface area contributed by atoms with E-state index in [1.165, 1.54) is 0 Å². The number of hydrogen-bond acceptors (Lipinski definition) is 2. The highest BCUT2D eigenvalue weighted by atomic mass is 35.5. The Morgan fingerprint density at radius 3 is 2.72 bits per heavy atom. The molecule has 18 heavy (non-hydrogen) atoms. The Labute approximate surface area is 117 Å². The van der Waals surface area contributed by atoms with Crippen LogP contribution in [0.1, 0.15) is 18.8 Å². The molecular formula is C13H17Cl2N3. The van der Waals surface area contributed by atoms with Crippen molar-refractivity contribution in [2.75, 3.05) is 20.6 Å². The van der Waals surface area contributed by atoms with Crippen LogP contribution in [0.4, 0.5) is 0 Å². The first-order valence-corrected chi connectivity index (χ1v) is 6.82. The summed E-state index contributed by atoms with van der Waals surface area (Å²) >= 11 is 12.2. The molecule has 0 aliphatic rings. The Balaban J connectivity index is 2.57. The van der Waals surface area contributed by atoms with Gasteiger partial charge in [-0.15, -0.1) is 11.6 Å². The minimum absolute atomic E-state index is 0.303. The van der Waals surface area contributed by atoms with E-state index >= 15 is 0 Å². The van der Waals surface area contributed by atoms with Crippen molar-refractivity contribution in [2.45, 2.75) is 18.8 Å². The lowest BCUT2D eigenvalue weighted by Gasteiger charge is -2.20. The molecule has 0 aliphatic carbocycles. The Bertz CT molecular complexity index is 548. The molecule has 0 saturated carbocycles. The summed E-state index contributed by atoms with van der Waals surface area (Å²) < 4.78 is 2.17. The Morgan fingerprint density at radius 2 is 2.11 bits per heavy atom. The van der Waals surface area contributed by atoms with Gasteiger partial charge in [0.1, 0.15) is 11.3 Å². The van der Waals surface area contributed by atoms with Gasteiger partial charge in [-0.05, 0) is 33.2 Å². The van der Waals surface area contributed by atoms with Crippen molar-refractivity contribution in [1.82, 2.24) is 14.5 Å². The van der Waals surface area contributed by atoms with Crippen LogP contribution in [0.25, 0.3) is 11.0 Å². The molecule has 1 heterocycles. The van der Waals surface area contributed by atoms with Gasteiger partial charge in [-0.1, -0.05) is 17.7 Å². The van der Waals surface area contributed by atoms with Crippen LogP contribution in [-0.4, -0.2) is 35.1 Å². The summed E-state index contributed by atoms with van der Waals surface area (Å²) in [6.45, 7) is 3.10. The second-order valence-electron chi connectivity index (χ2n) is 4.75. The Kier molecular flexibility index (Phi) is 4.15. The number of halogens is 2. The van der Waals surface area contributed by atoms with Crippen molar-refractivity contribution in [1.29, 1.82) is 0 Å². The number of para-hydroxylation sites is 1. The van der Waals surface area contributed by atoms with E-state index in [1.54, 1.807) is 0 Å². The quantitative estimate of drug-likeness (QED) is 0.801. The van der Waals surface area contributed by atoms with Gasteiger partial charge in [0.25, 0.3) is 0 Å². The highest BCUT2D eigenvalue weighted by Gasteiger charge is 2.17. The van der Waals surface area contributed by atoms with Crippen LogP contribution in [-0.2, 0) is 5.88 Å². The summed E-state index contributed by atoms with van der Waals surface area (Å²) in [5.74, 6) is 1.26. The second kappa shape index (κ2) is 5.47. The monoisotopic (exact) mass is 285 g/mol. The van der Waals surface area contributed by atoms with E-state index in [2.05, 4.69) is 35.5 Å². The van der Waals surface area contributed by atoms with Crippen LogP contribution in [0.5, 0.6) is 0 Å². The predicted molar refractivity (Wildman–Crippen MR) is 77.6 cm³/mol. The number of aromatic nitrogens is 2. The molecule has 1 aromatic carbocycles. The minimum Gasteiger partial charge on any atom is -0.323 e. The molecule has 1 aromatic heterocycles. The van der Waals surface area contributed by atoms with Gasteiger partial charge in [-0.3, -0.25) is 0 Å². The molecule has 98 valence electrons. The van der Waals surface area contributed by atoms with E-state index < -0.39 is 0 Å². The zero-order valence-corrected chi connectivity index (χ0v) is 12.3. The molecule has 0 N–H and O–H groups in total. The zero-order valence-electron chi connectivity index (χ0n) is 10.8. The number of rotatable bonds is 4. The summed E-state index contributed by atoms with van der Waals surface area (Å²) in [6, 6.07) is 6.15. The highest BCUT2D eigenvalue weighted by Crippen LogP contribution is 2.27. The fourth-order valence-electron chi connectivity index (χ4n) is 2.33. The number of imidazole rings is 1. The van der Waals surface area contributed by atoms with Gasteiger partial charge in [0.05, 0.1) is 16.4 Å². The molecule has 3 nitrogen and oxygen atoms in total. The summed E-state index contributed by atoms with van der Waals surface area (Å²) in [6.07, 6.45) is 0. The summed E-state index contributed by atoms with van der Waals surface area (Å²) in [5, 5.41) is 0.676. The van der Waals surface area contributed by atoms with E-state index in [1.807, 2.05) is 18.2 Å². The Hall–Kier alpha value is -0.770. The average molecular weight is 286 g/mol. The number of nitrogens with zero attached hydrogens (tertiary/aromatic N) is 3. The first-order chi connectivity index (χ1) is 8.54. The van der Waals surface area contributed by atoms with E-state index in [9.17, 15) is 0 Å². The van der Waals surface area contributed by atoms with Crippen LogP contribution >= 0.6 is 23.2 Å². The standard InChI is InChI=1S/C13H17Cl2N3/c1-9(8-17(2)3)18-11-6-4-5-10(15)13(11)16-12(18)7-14/h4-6,9H,7-8H2,1-3H3. The molecule has 0 fully saturated rings. The van der Waals surface area contributed by atoms with Crippen LogP contribution < -0.4 is 0 Å². The SMILES string of the molecule is CC(CN(C)C)n1c(CCl)nc2c(Cl)cccc21. The second-order valence-corrected chi connectivity index (χ2v) is 5.42. The molecule has 1 atom stereocenters. The number of benzene rings is 1. The van der Waals surface area contributed by atoms with Crippen LogP contribution in [0, 0.1) is 0 Å². The van der Waals surface area contributed by atoms with Crippen LogP contribution in [0.3, 0.4) is 0 Å². The third-order valence-electron chi connectivity index (χ3n) is 2.93. The number of fused-ring (bicyclic) bond motifs is 1. The summed E-state index contributed by atoms with van der Waals surface area (Å²) in [7, 11) is 4.12. The van der Waals surface area contributed by atoms with Crippen LogP contribution in [0.15, 0.2) is 18.2 Å². The lowest BCUT2D eigenvalue weighted by molar-refractivity contribution is 0.337. The first kappa shape index (κ1) is 13.7. The molecule has 0 saturated heterocycles. The highest BCUT2D eigenvalue weighted by molar-refractivity contribution is 6.35. The maximum atomic E-state index is 6.18. The third-order valence-corrected chi connectivity index (χ3v) is 3.48. The van der Waals surface area contributed by atoms with E-state index in [4.69, 9.17) is 23.2 Å². The largest absolute Gasteiger partial charge is 0.323 e. The maximum absolute atomic E-state index is 6.18. The lowest BCUT2D eigenvalue weighted by Crippen LogP contribution is -2.23. The van der Waals surface area contributed by atoms with Crippen molar-refractivity contribution in [3.63, 3.8) is 0 Å². The van der Waals surface area contributed by atoms with Crippen molar-refractivity contribution in [3.05, 3.63) is 29.0 Å².